The summed E-state index contributed by atoms with van der Waals surface area (Å²) in [6.07, 6.45) is 0.391. The van der Waals surface area contributed by atoms with Crippen LogP contribution in [0.15, 0.2) is 63.9 Å². The number of nitrogens with zero attached hydrogens (tertiary/aromatic N) is 1. The van der Waals surface area contributed by atoms with E-state index in [1.54, 1.807) is 24.3 Å². The molecule has 0 radical (unpaired) electrons. The van der Waals surface area contributed by atoms with Crippen molar-refractivity contribution in [3.05, 3.63) is 65.7 Å². The third-order valence-electron chi connectivity index (χ3n) is 3.24. The molecule has 3 nitrogen and oxygen atoms in total. The van der Waals surface area contributed by atoms with Crippen LogP contribution in [-0.2, 0) is 10.0 Å². The van der Waals surface area contributed by atoms with Gasteiger partial charge in [-0.25, -0.2) is 0 Å². The predicted molar refractivity (Wildman–Crippen MR) is 79.8 cm³/mol. The summed E-state index contributed by atoms with van der Waals surface area (Å²) in [5, 5.41) is -0.295. The zero-order valence-electron chi connectivity index (χ0n) is 10.5. The van der Waals surface area contributed by atoms with Crippen LogP contribution in [0.2, 0.25) is 0 Å². The molecule has 2 aromatic carbocycles. The fraction of sp³-hybridized carbons (Fsp3) is 0.133. The first-order valence-corrected chi connectivity index (χ1v) is 8.08. The first-order valence-electron chi connectivity index (χ1n) is 6.20. The van der Waals surface area contributed by atoms with Crippen LogP contribution < -0.4 is 0 Å². The Morgan fingerprint density at radius 3 is 2.40 bits per heavy atom. The van der Waals surface area contributed by atoms with Gasteiger partial charge in [0.05, 0.1) is 16.0 Å². The van der Waals surface area contributed by atoms with Crippen LogP contribution in [0.25, 0.3) is 0 Å². The van der Waals surface area contributed by atoms with Gasteiger partial charge in [0.1, 0.15) is 0 Å². The maximum Gasteiger partial charge on any atom is 0.283 e. The molecule has 2 aromatic rings. The molecule has 5 heteroatoms. The van der Waals surface area contributed by atoms with Gasteiger partial charge in [0.25, 0.3) is 10.0 Å². The molecule has 1 aliphatic rings. The highest BCUT2D eigenvalue weighted by Crippen LogP contribution is 2.32. The average Bonchev–Trinajstić information content (AvgIpc) is 2.72. The van der Waals surface area contributed by atoms with Crippen molar-refractivity contribution in [3.63, 3.8) is 0 Å². The Balaban J connectivity index is 1.93. The Kier molecular flexibility index (Phi) is 3.36. The van der Waals surface area contributed by atoms with E-state index in [4.69, 9.17) is 11.6 Å². The zero-order valence-corrected chi connectivity index (χ0v) is 12.1. The fourth-order valence-electron chi connectivity index (χ4n) is 2.27. The number of fused-ring (bicyclic) bond motifs is 1. The standard InChI is InChI=1S/C15H12ClNO2S/c16-13(11-6-2-1-3-7-11)10-14-12-8-4-5-9-15(12)20(18,19)17-14/h1-9,13H,10H2. The maximum atomic E-state index is 12.0. The fourth-order valence-corrected chi connectivity index (χ4v) is 3.84. The van der Waals surface area contributed by atoms with Crippen molar-refractivity contribution in [1.29, 1.82) is 0 Å². The maximum absolute atomic E-state index is 12.0. The lowest BCUT2D eigenvalue weighted by Gasteiger charge is -2.09. The molecule has 0 N–H and O–H groups in total. The van der Waals surface area contributed by atoms with Gasteiger partial charge in [-0.05, 0) is 11.6 Å². The monoisotopic (exact) mass is 305 g/mol. The zero-order chi connectivity index (χ0) is 14.2. The van der Waals surface area contributed by atoms with Crippen LogP contribution in [0.5, 0.6) is 0 Å². The number of hydrogen-bond donors (Lipinski definition) is 0. The smallest absolute Gasteiger partial charge is 0.199 e. The number of halogens is 1. The van der Waals surface area contributed by atoms with E-state index in [0.717, 1.165) is 5.56 Å². The molecule has 0 fully saturated rings. The van der Waals surface area contributed by atoms with E-state index in [-0.39, 0.29) is 10.3 Å². The molecule has 0 aliphatic carbocycles. The third-order valence-corrected chi connectivity index (χ3v) is 5.02. The van der Waals surface area contributed by atoms with Gasteiger partial charge in [0.15, 0.2) is 0 Å². The minimum Gasteiger partial charge on any atom is -0.199 e. The molecule has 1 unspecified atom stereocenters. The number of sulfonamides is 1. The summed E-state index contributed by atoms with van der Waals surface area (Å²) >= 11 is 6.37. The van der Waals surface area contributed by atoms with Gasteiger partial charge >= 0.3 is 0 Å². The summed E-state index contributed by atoms with van der Waals surface area (Å²) < 4.78 is 27.8. The molecule has 0 saturated carbocycles. The minimum atomic E-state index is -3.55. The van der Waals surface area contributed by atoms with E-state index in [1.807, 2.05) is 30.3 Å². The molecule has 1 atom stereocenters. The molecular weight excluding hydrogens is 294 g/mol. The molecule has 1 aliphatic heterocycles. The Morgan fingerprint density at radius 2 is 1.65 bits per heavy atom. The van der Waals surface area contributed by atoms with E-state index in [9.17, 15) is 8.42 Å². The van der Waals surface area contributed by atoms with Gasteiger partial charge in [-0.2, -0.15) is 12.8 Å². The van der Waals surface area contributed by atoms with Gasteiger partial charge in [0.2, 0.25) is 0 Å². The average molecular weight is 306 g/mol. The van der Waals surface area contributed by atoms with E-state index in [2.05, 4.69) is 4.40 Å². The largest absolute Gasteiger partial charge is 0.283 e. The normalized spacial score (nSPS) is 17.4. The van der Waals surface area contributed by atoms with Crippen molar-refractivity contribution in [1.82, 2.24) is 0 Å². The number of hydrogen-bond acceptors (Lipinski definition) is 2. The van der Waals surface area contributed by atoms with Gasteiger partial charge in [-0.3, -0.25) is 0 Å². The summed E-state index contributed by atoms with van der Waals surface area (Å²) in [6.45, 7) is 0. The number of rotatable bonds is 3. The molecular formula is C15H12ClNO2S. The van der Waals surface area contributed by atoms with Crippen LogP contribution in [0.1, 0.15) is 22.9 Å². The minimum absolute atomic E-state index is 0.270. The lowest BCUT2D eigenvalue weighted by Crippen LogP contribution is -2.02. The predicted octanol–water partition coefficient (Wildman–Crippen LogP) is 3.55. The quantitative estimate of drug-likeness (QED) is 0.814. The van der Waals surface area contributed by atoms with Crippen LogP contribution in [0, 0.1) is 0 Å². The summed E-state index contributed by atoms with van der Waals surface area (Å²) in [5.74, 6) is 0. The molecule has 20 heavy (non-hydrogen) atoms. The van der Waals surface area contributed by atoms with Gasteiger partial charge < -0.3 is 0 Å². The van der Waals surface area contributed by atoms with Crippen molar-refractivity contribution in [3.8, 4) is 0 Å². The highest BCUT2D eigenvalue weighted by Gasteiger charge is 2.29. The topological polar surface area (TPSA) is 46.5 Å². The lowest BCUT2D eigenvalue weighted by atomic mass is 10.0. The molecule has 3 rings (SSSR count). The van der Waals surface area contributed by atoms with E-state index in [1.165, 1.54) is 0 Å². The second kappa shape index (κ2) is 5.04. The van der Waals surface area contributed by atoms with Crippen molar-refractivity contribution < 1.29 is 8.42 Å². The third kappa shape index (κ3) is 2.37. The van der Waals surface area contributed by atoms with Crippen molar-refractivity contribution in [2.24, 2.45) is 4.40 Å². The van der Waals surface area contributed by atoms with Crippen LogP contribution >= 0.6 is 11.6 Å². The van der Waals surface area contributed by atoms with E-state index in [0.29, 0.717) is 17.7 Å². The molecule has 102 valence electrons. The Hall–Kier alpha value is -1.65. The molecule has 1 heterocycles. The molecule has 0 bridgehead atoms. The summed E-state index contributed by atoms with van der Waals surface area (Å²) in [6, 6.07) is 16.4. The van der Waals surface area contributed by atoms with Gasteiger partial charge in [0, 0.05) is 12.0 Å². The lowest BCUT2D eigenvalue weighted by molar-refractivity contribution is 0.599. The highest BCUT2D eigenvalue weighted by atomic mass is 35.5. The van der Waals surface area contributed by atoms with Crippen LogP contribution in [-0.4, -0.2) is 14.1 Å². The summed E-state index contributed by atoms with van der Waals surface area (Å²) in [7, 11) is -3.55. The molecule has 0 saturated heterocycles. The van der Waals surface area contributed by atoms with Crippen LogP contribution in [0.4, 0.5) is 0 Å². The second-order valence-corrected chi connectivity index (χ2v) is 6.69. The van der Waals surface area contributed by atoms with Crippen molar-refractivity contribution in [2.75, 3.05) is 0 Å². The Morgan fingerprint density at radius 1 is 1.00 bits per heavy atom. The highest BCUT2D eigenvalue weighted by molar-refractivity contribution is 7.90. The summed E-state index contributed by atoms with van der Waals surface area (Å²) in [5.41, 5.74) is 2.15. The van der Waals surface area contributed by atoms with Gasteiger partial charge in [-0.1, -0.05) is 48.5 Å². The van der Waals surface area contributed by atoms with E-state index < -0.39 is 10.0 Å². The first kappa shape index (κ1) is 13.3. The molecule has 0 amide bonds. The van der Waals surface area contributed by atoms with Crippen LogP contribution in [0.3, 0.4) is 0 Å². The second-order valence-electron chi connectivity index (χ2n) is 4.59. The number of benzene rings is 2. The van der Waals surface area contributed by atoms with Crippen molar-refractivity contribution >= 4 is 27.3 Å². The van der Waals surface area contributed by atoms with Gasteiger partial charge in [-0.15, -0.1) is 11.6 Å². The SMILES string of the molecule is O=S1(=O)N=C(CC(Cl)c2ccccc2)c2ccccc21. The van der Waals surface area contributed by atoms with Crippen molar-refractivity contribution in [2.45, 2.75) is 16.7 Å². The Bertz CT molecular complexity index is 769. The summed E-state index contributed by atoms with van der Waals surface area (Å²) in [4.78, 5) is 0.270. The Labute approximate surface area is 123 Å². The molecule has 0 aromatic heterocycles. The molecule has 0 spiro atoms. The van der Waals surface area contributed by atoms with E-state index >= 15 is 0 Å². The first-order chi connectivity index (χ1) is 9.58. The number of alkyl halides is 1.